The third kappa shape index (κ3) is 2.01. The number of esters is 1. The Labute approximate surface area is 84.0 Å². The van der Waals surface area contributed by atoms with Crippen molar-refractivity contribution in [3.8, 4) is 0 Å². The Morgan fingerprint density at radius 2 is 2.20 bits per heavy atom. The Morgan fingerprint density at radius 1 is 1.60 bits per heavy atom. The van der Waals surface area contributed by atoms with Gasteiger partial charge in [0.05, 0.1) is 17.6 Å². The highest BCUT2D eigenvalue weighted by Crippen LogP contribution is 2.08. The van der Waals surface area contributed by atoms with Crippen LogP contribution in [0.3, 0.4) is 0 Å². The van der Waals surface area contributed by atoms with E-state index >= 15 is 0 Å². The number of aryl methyl sites for hydroxylation is 1. The Bertz CT molecular complexity index is 476. The molecule has 0 fully saturated rings. The minimum Gasteiger partial charge on any atom is -0.465 e. The van der Waals surface area contributed by atoms with E-state index in [0.717, 1.165) is 17.7 Å². The molecule has 0 radical (unpaired) electrons. The molecule has 0 aromatic carbocycles. The van der Waals surface area contributed by atoms with Crippen LogP contribution in [-0.2, 0) is 11.8 Å². The van der Waals surface area contributed by atoms with E-state index in [1.54, 1.807) is 0 Å². The fourth-order valence-corrected chi connectivity index (χ4v) is 1.05. The van der Waals surface area contributed by atoms with Crippen molar-refractivity contribution in [3.05, 3.63) is 38.3 Å². The first-order chi connectivity index (χ1) is 6.97. The number of nitrogens with zero attached hydrogens (tertiary/aromatic N) is 2. The van der Waals surface area contributed by atoms with E-state index in [1.165, 1.54) is 13.2 Å². The highest BCUT2D eigenvalue weighted by Gasteiger charge is 2.18. The van der Waals surface area contributed by atoms with Crippen molar-refractivity contribution in [1.82, 2.24) is 4.57 Å². The summed E-state index contributed by atoms with van der Waals surface area (Å²) in [6.07, 6.45) is 1.18. The molecule has 0 unspecified atom stereocenters. The van der Waals surface area contributed by atoms with Gasteiger partial charge in [-0.2, -0.15) is 0 Å². The van der Waals surface area contributed by atoms with E-state index in [-0.39, 0.29) is 5.56 Å². The number of pyridine rings is 1. The molecule has 1 aromatic heterocycles. The Balaban J connectivity index is 3.43. The van der Waals surface area contributed by atoms with Crippen LogP contribution in [0.25, 0.3) is 0 Å². The standard InChI is InChI=1S/C8H8N2O5/c1-9-4-5(8(12)15-2)3-6(7(9)11)10(13)14/h3-4H,1-2H3. The van der Waals surface area contributed by atoms with Gasteiger partial charge in [-0.25, -0.2) is 4.79 Å². The normalized spacial score (nSPS) is 9.73. The van der Waals surface area contributed by atoms with E-state index in [9.17, 15) is 19.7 Å². The molecule has 7 heteroatoms. The van der Waals surface area contributed by atoms with E-state index in [2.05, 4.69) is 4.74 Å². The second kappa shape index (κ2) is 3.91. The molecule has 0 saturated heterocycles. The quantitative estimate of drug-likeness (QED) is 0.393. The summed E-state index contributed by atoms with van der Waals surface area (Å²) in [6.45, 7) is 0. The van der Waals surface area contributed by atoms with Crippen molar-refractivity contribution < 1.29 is 14.5 Å². The summed E-state index contributed by atoms with van der Waals surface area (Å²) in [7, 11) is 2.47. The lowest BCUT2D eigenvalue weighted by Gasteiger charge is -2.01. The molecule has 0 spiro atoms. The summed E-state index contributed by atoms with van der Waals surface area (Å²) in [5.41, 5.74) is -1.46. The maximum atomic E-state index is 11.2. The molecular formula is C8H8N2O5. The van der Waals surface area contributed by atoms with Crippen LogP contribution in [0.2, 0.25) is 0 Å². The first-order valence-electron chi connectivity index (χ1n) is 3.90. The van der Waals surface area contributed by atoms with Gasteiger partial charge in [0.25, 0.3) is 0 Å². The lowest BCUT2D eigenvalue weighted by Crippen LogP contribution is -2.21. The number of aromatic nitrogens is 1. The number of hydrogen-bond donors (Lipinski definition) is 0. The number of methoxy groups -OCH3 is 1. The van der Waals surface area contributed by atoms with Gasteiger partial charge < -0.3 is 9.30 Å². The largest absolute Gasteiger partial charge is 0.465 e. The van der Waals surface area contributed by atoms with Gasteiger partial charge in [-0.3, -0.25) is 14.9 Å². The summed E-state index contributed by atoms with van der Waals surface area (Å²) in [5, 5.41) is 10.5. The molecule has 1 heterocycles. The first kappa shape index (κ1) is 10.9. The predicted octanol–water partition coefficient (Wildman–Crippen LogP) is 0.0801. The SMILES string of the molecule is COC(=O)c1cc([N+](=O)[O-])c(=O)n(C)c1. The maximum Gasteiger partial charge on any atom is 0.339 e. The van der Waals surface area contributed by atoms with Crippen LogP contribution in [-0.4, -0.2) is 22.6 Å². The minimum absolute atomic E-state index is 0.0358. The third-order valence-electron chi connectivity index (χ3n) is 1.78. The van der Waals surface area contributed by atoms with Crippen molar-refractivity contribution in [2.45, 2.75) is 0 Å². The number of ether oxygens (including phenoxy) is 1. The van der Waals surface area contributed by atoms with Crippen LogP contribution in [0.4, 0.5) is 5.69 Å². The number of hydrogen-bond acceptors (Lipinski definition) is 5. The van der Waals surface area contributed by atoms with Gasteiger partial charge in [0, 0.05) is 19.3 Å². The Kier molecular flexibility index (Phi) is 2.84. The summed E-state index contributed by atoms with van der Waals surface area (Å²) < 4.78 is 5.35. The van der Waals surface area contributed by atoms with Crippen molar-refractivity contribution in [3.63, 3.8) is 0 Å². The smallest absolute Gasteiger partial charge is 0.339 e. The van der Waals surface area contributed by atoms with Crippen molar-refractivity contribution in [2.75, 3.05) is 7.11 Å². The fraction of sp³-hybridized carbons (Fsp3) is 0.250. The predicted molar refractivity (Wildman–Crippen MR) is 49.7 cm³/mol. The molecule has 0 atom stereocenters. The van der Waals surface area contributed by atoms with E-state index < -0.39 is 22.1 Å². The third-order valence-corrected chi connectivity index (χ3v) is 1.78. The van der Waals surface area contributed by atoms with Crippen molar-refractivity contribution in [2.24, 2.45) is 7.05 Å². The average molecular weight is 212 g/mol. The van der Waals surface area contributed by atoms with Gasteiger partial charge in [-0.05, 0) is 0 Å². The molecule has 0 aliphatic heterocycles. The van der Waals surface area contributed by atoms with Crippen molar-refractivity contribution >= 4 is 11.7 Å². The van der Waals surface area contributed by atoms with Crippen molar-refractivity contribution in [1.29, 1.82) is 0 Å². The molecule has 0 amide bonds. The molecule has 1 rings (SSSR count). The second-order valence-electron chi connectivity index (χ2n) is 2.78. The lowest BCUT2D eigenvalue weighted by atomic mass is 10.2. The van der Waals surface area contributed by atoms with Crippen LogP contribution in [0.15, 0.2) is 17.1 Å². The zero-order valence-corrected chi connectivity index (χ0v) is 8.09. The van der Waals surface area contributed by atoms with Gasteiger partial charge in [-0.1, -0.05) is 0 Å². The van der Waals surface area contributed by atoms with Crippen LogP contribution in [0.1, 0.15) is 10.4 Å². The molecular weight excluding hydrogens is 204 g/mol. The van der Waals surface area contributed by atoms with E-state index in [4.69, 9.17) is 0 Å². The highest BCUT2D eigenvalue weighted by molar-refractivity contribution is 5.89. The maximum absolute atomic E-state index is 11.2. The van der Waals surface area contributed by atoms with E-state index in [1.807, 2.05) is 0 Å². The van der Waals surface area contributed by atoms with Gasteiger partial charge in [0.1, 0.15) is 0 Å². The summed E-state index contributed by atoms with van der Waals surface area (Å²) in [5.74, 6) is -0.728. The molecule has 15 heavy (non-hydrogen) atoms. The van der Waals surface area contributed by atoms with Gasteiger partial charge in [-0.15, -0.1) is 0 Å². The van der Waals surface area contributed by atoms with Crippen LogP contribution in [0, 0.1) is 10.1 Å². The van der Waals surface area contributed by atoms with Crippen LogP contribution < -0.4 is 5.56 Å². The van der Waals surface area contributed by atoms with E-state index in [0.29, 0.717) is 0 Å². The molecule has 80 valence electrons. The summed E-state index contributed by atoms with van der Waals surface area (Å²) >= 11 is 0. The molecule has 0 aliphatic carbocycles. The first-order valence-corrected chi connectivity index (χ1v) is 3.90. The summed E-state index contributed by atoms with van der Waals surface area (Å²) in [4.78, 5) is 32.0. The fourth-order valence-electron chi connectivity index (χ4n) is 1.05. The van der Waals surface area contributed by atoms with Crippen LogP contribution in [0.5, 0.6) is 0 Å². The molecule has 7 nitrogen and oxygen atoms in total. The zero-order chi connectivity index (χ0) is 11.6. The minimum atomic E-state index is -0.839. The average Bonchev–Trinajstić information content (AvgIpc) is 2.20. The molecule has 1 aromatic rings. The van der Waals surface area contributed by atoms with Crippen LogP contribution >= 0.6 is 0 Å². The number of nitro groups is 1. The number of carbonyl (C=O) groups excluding carboxylic acids is 1. The van der Waals surface area contributed by atoms with Gasteiger partial charge in [0.15, 0.2) is 0 Å². The van der Waals surface area contributed by atoms with Gasteiger partial charge in [0.2, 0.25) is 0 Å². The number of rotatable bonds is 2. The highest BCUT2D eigenvalue weighted by atomic mass is 16.6. The molecule has 0 bridgehead atoms. The number of carbonyl (C=O) groups is 1. The summed E-state index contributed by atoms with van der Waals surface area (Å²) in [6, 6.07) is 0.897. The Morgan fingerprint density at radius 3 is 2.67 bits per heavy atom. The molecule has 0 aliphatic rings. The van der Waals surface area contributed by atoms with Gasteiger partial charge >= 0.3 is 17.2 Å². The zero-order valence-electron chi connectivity index (χ0n) is 8.09. The molecule has 0 saturated carbocycles. The second-order valence-corrected chi connectivity index (χ2v) is 2.78. The lowest BCUT2D eigenvalue weighted by molar-refractivity contribution is -0.386. The Hall–Kier alpha value is -2.18. The molecule has 0 N–H and O–H groups in total. The topological polar surface area (TPSA) is 91.4 Å². The monoisotopic (exact) mass is 212 g/mol.